The van der Waals surface area contributed by atoms with Crippen LogP contribution in [0.2, 0.25) is 0 Å². The second-order valence-corrected chi connectivity index (χ2v) is 5.90. The quantitative estimate of drug-likeness (QED) is 0.897. The topological polar surface area (TPSA) is 49.5 Å². The van der Waals surface area contributed by atoms with E-state index >= 15 is 0 Å². The lowest BCUT2D eigenvalue weighted by atomic mass is 9.98. The van der Waals surface area contributed by atoms with Crippen molar-refractivity contribution in [2.75, 3.05) is 13.2 Å². The van der Waals surface area contributed by atoms with Gasteiger partial charge >= 0.3 is 0 Å². The fourth-order valence-electron chi connectivity index (χ4n) is 2.90. The van der Waals surface area contributed by atoms with Gasteiger partial charge in [-0.2, -0.15) is 0 Å². The average Bonchev–Trinajstić information content (AvgIpc) is 2.79. The number of nitrogens with zero attached hydrogens (tertiary/aromatic N) is 1. The van der Waals surface area contributed by atoms with Crippen LogP contribution in [0.1, 0.15) is 31.4 Å². The van der Waals surface area contributed by atoms with Crippen molar-refractivity contribution in [2.24, 2.45) is 5.73 Å². The van der Waals surface area contributed by atoms with Crippen LogP contribution in [0, 0.1) is 0 Å². The van der Waals surface area contributed by atoms with E-state index in [2.05, 4.69) is 33.0 Å². The summed E-state index contributed by atoms with van der Waals surface area (Å²) in [4.78, 5) is 2.35. The Kier molecular flexibility index (Phi) is 4.78. The SMILES string of the molecule is CC(N)C(c1ccccc1Br)N1CCCC1CO. The fourth-order valence-corrected chi connectivity index (χ4v) is 3.42. The number of benzene rings is 1. The molecule has 100 valence electrons. The molecule has 0 bridgehead atoms. The largest absolute Gasteiger partial charge is 0.395 e. The first-order valence-electron chi connectivity index (χ1n) is 6.51. The summed E-state index contributed by atoms with van der Waals surface area (Å²) >= 11 is 3.61. The highest BCUT2D eigenvalue weighted by Gasteiger charge is 2.33. The highest BCUT2D eigenvalue weighted by atomic mass is 79.9. The normalized spacial score (nSPS) is 24.1. The molecule has 0 aromatic heterocycles. The lowest BCUT2D eigenvalue weighted by Crippen LogP contribution is -2.43. The van der Waals surface area contributed by atoms with Crippen molar-refractivity contribution >= 4 is 15.9 Å². The molecule has 18 heavy (non-hydrogen) atoms. The summed E-state index contributed by atoms with van der Waals surface area (Å²) in [6.07, 6.45) is 2.20. The van der Waals surface area contributed by atoms with Gasteiger partial charge in [-0.15, -0.1) is 0 Å². The van der Waals surface area contributed by atoms with E-state index in [0.717, 1.165) is 23.9 Å². The molecule has 1 aromatic rings. The van der Waals surface area contributed by atoms with Gasteiger partial charge in [0.05, 0.1) is 12.6 Å². The third-order valence-electron chi connectivity index (χ3n) is 3.71. The Morgan fingerprint density at radius 3 is 2.83 bits per heavy atom. The Morgan fingerprint density at radius 1 is 1.50 bits per heavy atom. The van der Waals surface area contributed by atoms with E-state index in [1.807, 2.05) is 19.1 Å². The van der Waals surface area contributed by atoms with Gasteiger partial charge in [-0.3, -0.25) is 4.90 Å². The van der Waals surface area contributed by atoms with Gasteiger partial charge in [0.2, 0.25) is 0 Å². The molecule has 0 spiro atoms. The Hall–Kier alpha value is -0.420. The lowest BCUT2D eigenvalue weighted by Gasteiger charge is -2.35. The van der Waals surface area contributed by atoms with Crippen molar-refractivity contribution in [1.29, 1.82) is 0 Å². The predicted molar refractivity (Wildman–Crippen MR) is 77.3 cm³/mol. The number of hydrogen-bond donors (Lipinski definition) is 2. The van der Waals surface area contributed by atoms with Crippen LogP contribution in [0.3, 0.4) is 0 Å². The van der Waals surface area contributed by atoms with Crippen LogP contribution in [-0.2, 0) is 0 Å². The molecule has 0 amide bonds. The van der Waals surface area contributed by atoms with E-state index in [-0.39, 0.29) is 24.7 Å². The summed E-state index contributed by atoms with van der Waals surface area (Å²) in [5.74, 6) is 0. The zero-order valence-electron chi connectivity index (χ0n) is 10.7. The Bertz CT molecular complexity index is 397. The number of likely N-dealkylation sites (tertiary alicyclic amines) is 1. The van der Waals surface area contributed by atoms with Crippen molar-refractivity contribution in [1.82, 2.24) is 4.90 Å². The molecular formula is C14H21BrN2O. The van der Waals surface area contributed by atoms with Gasteiger partial charge in [-0.1, -0.05) is 34.1 Å². The zero-order valence-corrected chi connectivity index (χ0v) is 12.3. The van der Waals surface area contributed by atoms with Gasteiger partial charge in [0.1, 0.15) is 0 Å². The van der Waals surface area contributed by atoms with Gasteiger partial charge in [0, 0.05) is 16.6 Å². The molecule has 1 aliphatic heterocycles. The summed E-state index contributed by atoms with van der Waals surface area (Å²) in [7, 11) is 0. The molecular weight excluding hydrogens is 292 g/mol. The molecule has 0 radical (unpaired) electrons. The van der Waals surface area contributed by atoms with E-state index in [4.69, 9.17) is 5.73 Å². The summed E-state index contributed by atoms with van der Waals surface area (Å²) in [6, 6.07) is 8.67. The van der Waals surface area contributed by atoms with Crippen LogP contribution in [0.4, 0.5) is 0 Å². The first-order chi connectivity index (χ1) is 8.65. The maximum absolute atomic E-state index is 9.49. The molecule has 0 saturated carbocycles. The van der Waals surface area contributed by atoms with Crippen LogP contribution < -0.4 is 5.73 Å². The van der Waals surface area contributed by atoms with Crippen LogP contribution in [0.15, 0.2) is 28.7 Å². The molecule has 3 nitrogen and oxygen atoms in total. The minimum atomic E-state index is 0.0378. The van der Waals surface area contributed by atoms with Crippen molar-refractivity contribution in [3.05, 3.63) is 34.3 Å². The maximum atomic E-state index is 9.49. The van der Waals surface area contributed by atoms with Gasteiger partial charge in [0.15, 0.2) is 0 Å². The second kappa shape index (κ2) is 6.15. The third-order valence-corrected chi connectivity index (χ3v) is 4.43. The smallest absolute Gasteiger partial charge is 0.0587 e. The van der Waals surface area contributed by atoms with Crippen LogP contribution in [0.25, 0.3) is 0 Å². The molecule has 0 aliphatic carbocycles. The number of halogens is 1. The number of aliphatic hydroxyl groups excluding tert-OH is 1. The first-order valence-corrected chi connectivity index (χ1v) is 7.31. The molecule has 1 heterocycles. The molecule has 2 rings (SSSR count). The molecule has 3 unspecified atom stereocenters. The summed E-state index contributed by atoms with van der Waals surface area (Å²) < 4.78 is 1.09. The Labute approximate surface area is 117 Å². The predicted octanol–water partition coefficient (Wildman–Crippen LogP) is 2.29. The third kappa shape index (κ3) is 2.77. The second-order valence-electron chi connectivity index (χ2n) is 5.04. The minimum absolute atomic E-state index is 0.0378. The van der Waals surface area contributed by atoms with Crippen molar-refractivity contribution in [2.45, 2.75) is 37.9 Å². The van der Waals surface area contributed by atoms with Crippen molar-refractivity contribution in [3.8, 4) is 0 Å². The van der Waals surface area contributed by atoms with Crippen LogP contribution in [0.5, 0.6) is 0 Å². The number of hydrogen-bond acceptors (Lipinski definition) is 3. The van der Waals surface area contributed by atoms with Crippen LogP contribution >= 0.6 is 15.9 Å². The maximum Gasteiger partial charge on any atom is 0.0587 e. The molecule has 4 heteroatoms. The molecule has 3 N–H and O–H groups in total. The molecule has 1 saturated heterocycles. The molecule has 3 atom stereocenters. The van der Waals surface area contributed by atoms with E-state index in [1.54, 1.807) is 0 Å². The number of nitrogens with two attached hydrogens (primary N) is 1. The highest BCUT2D eigenvalue weighted by Crippen LogP contribution is 2.34. The Morgan fingerprint density at radius 2 is 2.22 bits per heavy atom. The fraction of sp³-hybridized carbons (Fsp3) is 0.571. The summed E-state index contributed by atoms with van der Waals surface area (Å²) in [5.41, 5.74) is 7.41. The standard InChI is InChI=1S/C14H21BrN2O/c1-10(16)14(12-6-2-3-7-13(12)15)17-8-4-5-11(17)9-18/h2-3,6-7,10-11,14,18H,4-5,8-9,16H2,1H3. The number of rotatable bonds is 4. The van der Waals surface area contributed by atoms with Gasteiger partial charge in [-0.05, 0) is 37.9 Å². The van der Waals surface area contributed by atoms with Gasteiger partial charge in [0.25, 0.3) is 0 Å². The van der Waals surface area contributed by atoms with E-state index in [0.29, 0.717) is 0 Å². The summed E-state index contributed by atoms with van der Waals surface area (Å²) in [6.45, 7) is 3.27. The van der Waals surface area contributed by atoms with Gasteiger partial charge < -0.3 is 10.8 Å². The zero-order chi connectivity index (χ0) is 13.1. The monoisotopic (exact) mass is 312 g/mol. The van der Waals surface area contributed by atoms with E-state index < -0.39 is 0 Å². The van der Waals surface area contributed by atoms with E-state index in [9.17, 15) is 5.11 Å². The van der Waals surface area contributed by atoms with Gasteiger partial charge in [-0.25, -0.2) is 0 Å². The minimum Gasteiger partial charge on any atom is -0.395 e. The number of aliphatic hydroxyl groups is 1. The average molecular weight is 313 g/mol. The van der Waals surface area contributed by atoms with E-state index in [1.165, 1.54) is 5.56 Å². The molecule has 1 aliphatic rings. The summed E-state index contributed by atoms with van der Waals surface area (Å²) in [5, 5.41) is 9.49. The molecule has 1 aromatic carbocycles. The van der Waals surface area contributed by atoms with Crippen molar-refractivity contribution in [3.63, 3.8) is 0 Å². The highest BCUT2D eigenvalue weighted by molar-refractivity contribution is 9.10. The van der Waals surface area contributed by atoms with Crippen molar-refractivity contribution < 1.29 is 5.11 Å². The molecule has 1 fully saturated rings. The Balaban J connectivity index is 2.31. The lowest BCUT2D eigenvalue weighted by molar-refractivity contribution is 0.107. The first kappa shape index (κ1) is 14.0. The van der Waals surface area contributed by atoms with Crippen LogP contribution in [-0.4, -0.2) is 35.2 Å².